The topological polar surface area (TPSA) is 76.7 Å². The largest absolute Gasteiger partial charge is 0.412 e. The smallest absolute Gasteiger partial charge is 0.410 e. The lowest BCUT2D eigenvalue weighted by molar-refractivity contribution is 0.200. The van der Waals surface area contributed by atoms with Crippen molar-refractivity contribution in [3.8, 4) is 11.5 Å². The molecule has 0 bridgehead atoms. The molecule has 0 atom stereocenters. The van der Waals surface area contributed by atoms with Crippen LogP contribution in [-0.2, 0) is 0 Å². The van der Waals surface area contributed by atoms with Crippen LogP contribution < -0.4 is 20.1 Å². The third kappa shape index (κ3) is 3.38. The molecule has 0 saturated carbocycles. The molecule has 1 rings (SSSR count). The third-order valence-electron chi connectivity index (χ3n) is 2.29. The first kappa shape index (κ1) is 13.8. The Morgan fingerprint density at radius 1 is 0.889 bits per heavy atom. The van der Waals surface area contributed by atoms with E-state index in [1.54, 1.807) is 26.0 Å². The number of carbonyl (C=O) groups is 2. The van der Waals surface area contributed by atoms with Crippen LogP contribution in [-0.4, -0.2) is 26.3 Å². The van der Waals surface area contributed by atoms with Crippen LogP contribution in [0.3, 0.4) is 0 Å². The average Bonchev–Trinajstić information content (AvgIpc) is 2.34. The minimum atomic E-state index is -0.544. The summed E-state index contributed by atoms with van der Waals surface area (Å²) in [5, 5.41) is 4.72. The van der Waals surface area contributed by atoms with E-state index in [1.165, 1.54) is 14.1 Å². The van der Waals surface area contributed by atoms with Gasteiger partial charge in [0.05, 0.1) is 0 Å². The molecule has 0 spiro atoms. The van der Waals surface area contributed by atoms with Crippen LogP contribution in [0.25, 0.3) is 0 Å². The first-order valence-corrected chi connectivity index (χ1v) is 5.38. The molecule has 0 fully saturated rings. The summed E-state index contributed by atoms with van der Waals surface area (Å²) in [6.45, 7) is 3.52. The van der Waals surface area contributed by atoms with E-state index >= 15 is 0 Å². The third-order valence-corrected chi connectivity index (χ3v) is 2.29. The Balaban J connectivity index is 2.96. The van der Waals surface area contributed by atoms with Crippen molar-refractivity contribution < 1.29 is 19.1 Å². The van der Waals surface area contributed by atoms with Gasteiger partial charge in [0, 0.05) is 14.1 Å². The molecule has 98 valence electrons. The van der Waals surface area contributed by atoms with E-state index in [0.29, 0.717) is 22.6 Å². The van der Waals surface area contributed by atoms with Gasteiger partial charge in [0.15, 0.2) is 0 Å². The molecule has 0 heterocycles. The Morgan fingerprint density at radius 3 is 1.50 bits per heavy atom. The number of rotatable bonds is 2. The second-order valence-corrected chi connectivity index (χ2v) is 3.66. The Bertz CT molecular complexity index is 428. The number of hydrogen-bond donors (Lipinski definition) is 2. The van der Waals surface area contributed by atoms with E-state index in [-0.39, 0.29) is 0 Å². The predicted molar refractivity (Wildman–Crippen MR) is 66.1 cm³/mol. The highest BCUT2D eigenvalue weighted by Crippen LogP contribution is 2.28. The van der Waals surface area contributed by atoms with Crippen molar-refractivity contribution in [2.45, 2.75) is 13.8 Å². The summed E-state index contributed by atoms with van der Waals surface area (Å²) >= 11 is 0. The number of nitrogens with one attached hydrogen (secondary N) is 2. The predicted octanol–water partition coefficient (Wildman–Crippen LogP) is 1.74. The molecule has 6 nitrogen and oxygen atoms in total. The molecular weight excluding hydrogens is 236 g/mol. The maximum Gasteiger partial charge on any atom is 0.412 e. The van der Waals surface area contributed by atoms with E-state index in [4.69, 9.17) is 9.47 Å². The molecule has 2 N–H and O–H groups in total. The van der Waals surface area contributed by atoms with Crippen molar-refractivity contribution in [1.29, 1.82) is 0 Å². The maximum atomic E-state index is 11.1. The van der Waals surface area contributed by atoms with Crippen molar-refractivity contribution >= 4 is 12.2 Å². The number of hydrogen-bond acceptors (Lipinski definition) is 4. The van der Waals surface area contributed by atoms with Crippen molar-refractivity contribution in [3.63, 3.8) is 0 Å². The van der Waals surface area contributed by atoms with E-state index in [0.717, 1.165) is 0 Å². The molecule has 0 aliphatic heterocycles. The molecule has 0 saturated heterocycles. The summed E-state index contributed by atoms with van der Waals surface area (Å²) in [5.41, 5.74) is 1.39. The second kappa shape index (κ2) is 5.90. The fourth-order valence-electron chi connectivity index (χ4n) is 1.28. The summed E-state index contributed by atoms with van der Waals surface area (Å²) < 4.78 is 10.1. The lowest BCUT2D eigenvalue weighted by Gasteiger charge is -2.12. The minimum Gasteiger partial charge on any atom is -0.410 e. The number of ether oxygens (including phenoxy) is 2. The van der Waals surface area contributed by atoms with E-state index in [2.05, 4.69) is 10.6 Å². The molecule has 2 amide bonds. The van der Waals surface area contributed by atoms with Crippen molar-refractivity contribution in [3.05, 3.63) is 23.3 Å². The summed E-state index contributed by atoms with van der Waals surface area (Å²) in [7, 11) is 2.96. The molecule has 6 heteroatoms. The molecular formula is C12H16N2O4. The summed E-state index contributed by atoms with van der Waals surface area (Å²) in [4.78, 5) is 22.3. The van der Waals surface area contributed by atoms with Gasteiger partial charge in [0.25, 0.3) is 0 Å². The van der Waals surface area contributed by atoms with Crippen LogP contribution in [0, 0.1) is 13.8 Å². The van der Waals surface area contributed by atoms with Crippen LogP contribution >= 0.6 is 0 Å². The number of carbonyl (C=O) groups excluding carboxylic acids is 2. The molecule has 1 aromatic rings. The fourth-order valence-corrected chi connectivity index (χ4v) is 1.28. The van der Waals surface area contributed by atoms with Crippen LogP contribution in [0.5, 0.6) is 11.5 Å². The quantitative estimate of drug-likeness (QED) is 0.840. The van der Waals surface area contributed by atoms with Crippen molar-refractivity contribution in [2.24, 2.45) is 0 Å². The number of benzene rings is 1. The Kier molecular flexibility index (Phi) is 4.53. The lowest BCUT2D eigenvalue weighted by Crippen LogP contribution is -2.23. The first-order valence-electron chi connectivity index (χ1n) is 5.38. The molecule has 18 heavy (non-hydrogen) atoms. The van der Waals surface area contributed by atoms with E-state index < -0.39 is 12.2 Å². The van der Waals surface area contributed by atoms with E-state index in [9.17, 15) is 9.59 Å². The first-order chi connectivity index (χ1) is 8.47. The normalized spacial score (nSPS) is 9.56. The zero-order valence-corrected chi connectivity index (χ0v) is 10.8. The van der Waals surface area contributed by atoms with Crippen LogP contribution in [0.4, 0.5) is 9.59 Å². The van der Waals surface area contributed by atoms with Crippen LogP contribution in [0.2, 0.25) is 0 Å². The zero-order valence-electron chi connectivity index (χ0n) is 10.8. The molecule has 0 aliphatic rings. The van der Waals surface area contributed by atoms with Gasteiger partial charge in [-0.1, -0.05) is 0 Å². The van der Waals surface area contributed by atoms with Gasteiger partial charge >= 0.3 is 12.2 Å². The van der Waals surface area contributed by atoms with Gasteiger partial charge in [-0.3, -0.25) is 0 Å². The van der Waals surface area contributed by atoms with E-state index in [1.807, 2.05) is 0 Å². The average molecular weight is 252 g/mol. The van der Waals surface area contributed by atoms with Gasteiger partial charge in [0.2, 0.25) is 0 Å². The molecule has 0 aromatic heterocycles. The van der Waals surface area contributed by atoms with Gasteiger partial charge in [-0.05, 0) is 37.1 Å². The van der Waals surface area contributed by atoms with Gasteiger partial charge < -0.3 is 20.1 Å². The summed E-state index contributed by atoms with van der Waals surface area (Å²) in [6.07, 6.45) is -1.09. The highest BCUT2D eigenvalue weighted by Gasteiger charge is 2.11. The highest BCUT2D eigenvalue weighted by atomic mass is 16.6. The Labute approximate surface area is 105 Å². The standard InChI is InChI=1S/C12H16N2O4/c1-7-5-10(18-12(16)14-4)8(2)6-9(7)17-11(15)13-3/h5-6H,1-4H3,(H,13,15)(H,14,16). The highest BCUT2D eigenvalue weighted by molar-refractivity contribution is 5.72. The molecule has 0 radical (unpaired) electrons. The second-order valence-electron chi connectivity index (χ2n) is 3.66. The number of amides is 2. The SMILES string of the molecule is CNC(=O)Oc1cc(C)c(OC(=O)NC)cc1C. The zero-order chi connectivity index (χ0) is 13.7. The van der Waals surface area contributed by atoms with Gasteiger partial charge in [-0.25, -0.2) is 9.59 Å². The lowest BCUT2D eigenvalue weighted by atomic mass is 10.1. The maximum absolute atomic E-state index is 11.1. The van der Waals surface area contributed by atoms with Crippen molar-refractivity contribution in [2.75, 3.05) is 14.1 Å². The fraction of sp³-hybridized carbons (Fsp3) is 0.333. The van der Waals surface area contributed by atoms with Gasteiger partial charge in [0.1, 0.15) is 11.5 Å². The minimum absolute atomic E-state index is 0.427. The van der Waals surface area contributed by atoms with Gasteiger partial charge in [-0.2, -0.15) is 0 Å². The Morgan fingerprint density at radius 2 is 1.22 bits per heavy atom. The van der Waals surface area contributed by atoms with Crippen molar-refractivity contribution in [1.82, 2.24) is 10.6 Å². The summed E-state index contributed by atoms with van der Waals surface area (Å²) in [6, 6.07) is 3.28. The van der Waals surface area contributed by atoms with Crippen LogP contribution in [0.15, 0.2) is 12.1 Å². The number of aryl methyl sites for hydroxylation is 2. The Hall–Kier alpha value is -2.24. The molecule has 0 unspecified atom stereocenters. The summed E-state index contributed by atoms with van der Waals surface area (Å²) in [5.74, 6) is 0.854. The van der Waals surface area contributed by atoms with Gasteiger partial charge in [-0.15, -0.1) is 0 Å². The monoisotopic (exact) mass is 252 g/mol. The van der Waals surface area contributed by atoms with Crippen LogP contribution in [0.1, 0.15) is 11.1 Å². The molecule has 0 aliphatic carbocycles. The molecule has 1 aromatic carbocycles.